The number of phenolic OH excluding ortho intramolecular Hbond substituents is 1. The molecule has 0 bridgehead atoms. The second kappa shape index (κ2) is 9.19. The predicted molar refractivity (Wildman–Crippen MR) is 151 cm³/mol. The molecule has 0 aromatic heterocycles. The topological polar surface area (TPSA) is 71.0 Å². The molecule has 3 aliphatic heterocycles. The minimum absolute atomic E-state index is 0.00456. The molecule has 1 saturated heterocycles. The monoisotopic (exact) mass is 526 g/mol. The van der Waals surface area contributed by atoms with Crippen LogP contribution in [0.3, 0.4) is 0 Å². The van der Waals surface area contributed by atoms with Crippen molar-refractivity contribution in [2.45, 2.75) is 39.2 Å². The summed E-state index contributed by atoms with van der Waals surface area (Å²) in [7, 11) is 1.50. The van der Waals surface area contributed by atoms with E-state index in [1.165, 1.54) is 19.2 Å². The summed E-state index contributed by atoms with van der Waals surface area (Å²) in [5.41, 5.74) is 5.23. The minimum Gasteiger partial charge on any atom is -0.504 e. The van der Waals surface area contributed by atoms with Crippen molar-refractivity contribution in [1.29, 1.82) is 0 Å². The van der Waals surface area contributed by atoms with Crippen LogP contribution in [0, 0.1) is 5.82 Å². The molecule has 6 nitrogen and oxygen atoms in total. The Labute approximate surface area is 227 Å². The number of carbonyl (C=O) groups excluding carboxylic acids is 1. The highest BCUT2D eigenvalue weighted by molar-refractivity contribution is 6.04. The van der Waals surface area contributed by atoms with Gasteiger partial charge in [0.15, 0.2) is 11.5 Å². The Kier molecular flexibility index (Phi) is 5.90. The average Bonchev–Trinajstić information content (AvgIpc) is 3.43. The number of benzene rings is 3. The SMILES string of the molecule is COc1c(O)ccc2c1-c1ccc3c(c1/C(=C/c1c(F)cccc1C(=O)N1CCCC1)O2)C(C)=CC(C)(C)N3. The fourth-order valence-electron chi connectivity index (χ4n) is 6.04. The van der Waals surface area contributed by atoms with Gasteiger partial charge in [0.2, 0.25) is 0 Å². The van der Waals surface area contributed by atoms with Crippen molar-refractivity contribution in [2.75, 3.05) is 25.5 Å². The number of likely N-dealkylation sites (tertiary alicyclic amines) is 1. The molecule has 200 valence electrons. The number of allylic oxidation sites excluding steroid dienone is 1. The first-order valence-corrected chi connectivity index (χ1v) is 13.2. The number of nitrogens with zero attached hydrogens (tertiary/aromatic N) is 1. The van der Waals surface area contributed by atoms with Gasteiger partial charge in [0.1, 0.15) is 17.3 Å². The normalized spacial score (nSPS) is 17.9. The van der Waals surface area contributed by atoms with Crippen molar-refractivity contribution in [3.05, 3.63) is 76.6 Å². The van der Waals surface area contributed by atoms with Crippen molar-refractivity contribution in [2.24, 2.45) is 0 Å². The summed E-state index contributed by atoms with van der Waals surface area (Å²) in [6.07, 6.45) is 5.67. The number of nitrogens with one attached hydrogen (secondary N) is 1. The van der Waals surface area contributed by atoms with Crippen LogP contribution in [0.1, 0.15) is 60.7 Å². The molecule has 3 aromatic rings. The molecule has 2 N–H and O–H groups in total. The number of carbonyl (C=O) groups is 1. The van der Waals surface area contributed by atoms with Crippen molar-refractivity contribution < 1.29 is 23.8 Å². The molecule has 3 aromatic carbocycles. The maximum atomic E-state index is 15.5. The number of ether oxygens (including phenoxy) is 2. The number of anilines is 1. The van der Waals surface area contributed by atoms with Gasteiger partial charge in [0.05, 0.1) is 18.2 Å². The second-order valence-electron chi connectivity index (χ2n) is 10.9. The van der Waals surface area contributed by atoms with Crippen molar-refractivity contribution in [3.8, 4) is 28.4 Å². The maximum Gasteiger partial charge on any atom is 0.254 e. The van der Waals surface area contributed by atoms with E-state index in [1.807, 2.05) is 19.1 Å². The standard InChI is InChI=1S/C32H31FN2O4/c1-18-17-32(2,3)34-23-11-10-20-28(27(18)23)26(39-25-13-12-24(36)30(38-4)29(20)25)16-21-19(8-7-9-22(21)33)31(37)35-14-5-6-15-35/h7-13,16-17,34,36H,5-6,14-15H2,1-4H3/b26-16-. The quantitative estimate of drug-likeness (QED) is 0.387. The highest BCUT2D eigenvalue weighted by Crippen LogP contribution is 2.54. The van der Waals surface area contributed by atoms with Gasteiger partial charge in [-0.15, -0.1) is 0 Å². The van der Waals surface area contributed by atoms with Gasteiger partial charge in [-0.3, -0.25) is 4.79 Å². The van der Waals surface area contributed by atoms with E-state index in [9.17, 15) is 9.90 Å². The number of phenols is 1. The van der Waals surface area contributed by atoms with Gasteiger partial charge >= 0.3 is 0 Å². The van der Waals surface area contributed by atoms with Gasteiger partial charge < -0.3 is 24.8 Å². The molecule has 0 spiro atoms. The largest absolute Gasteiger partial charge is 0.504 e. The third kappa shape index (κ3) is 4.13. The van der Waals surface area contributed by atoms with E-state index in [0.29, 0.717) is 41.5 Å². The Bertz CT molecular complexity index is 1580. The molecule has 1 fully saturated rings. The zero-order valence-electron chi connectivity index (χ0n) is 22.5. The highest BCUT2D eigenvalue weighted by Gasteiger charge is 2.34. The van der Waals surface area contributed by atoms with Crippen LogP contribution in [0.15, 0.2) is 48.5 Å². The smallest absolute Gasteiger partial charge is 0.254 e. The number of amides is 1. The molecule has 0 atom stereocenters. The number of fused-ring (bicyclic) bond motifs is 5. The molecule has 7 heteroatoms. The lowest BCUT2D eigenvalue weighted by Crippen LogP contribution is -2.32. The summed E-state index contributed by atoms with van der Waals surface area (Å²) in [5, 5.41) is 14.1. The van der Waals surface area contributed by atoms with Crippen LogP contribution in [0.25, 0.3) is 28.5 Å². The number of hydrogen-bond acceptors (Lipinski definition) is 5. The molecule has 39 heavy (non-hydrogen) atoms. The first-order chi connectivity index (χ1) is 18.7. The van der Waals surface area contributed by atoms with Crippen LogP contribution in [0.5, 0.6) is 17.2 Å². The molecular weight excluding hydrogens is 495 g/mol. The number of rotatable bonds is 3. The van der Waals surface area contributed by atoms with E-state index < -0.39 is 5.82 Å². The molecule has 0 aliphatic carbocycles. The summed E-state index contributed by atoms with van der Waals surface area (Å²) in [6.45, 7) is 7.57. The molecule has 3 heterocycles. The molecule has 0 unspecified atom stereocenters. The lowest BCUT2D eigenvalue weighted by Gasteiger charge is -2.35. The van der Waals surface area contributed by atoms with Crippen LogP contribution in [0.4, 0.5) is 10.1 Å². The van der Waals surface area contributed by atoms with Crippen LogP contribution >= 0.6 is 0 Å². The van der Waals surface area contributed by atoms with Crippen LogP contribution in [-0.2, 0) is 0 Å². The predicted octanol–water partition coefficient (Wildman–Crippen LogP) is 6.94. The van der Waals surface area contributed by atoms with Gasteiger partial charge in [-0.05, 0) is 75.6 Å². The summed E-state index contributed by atoms with van der Waals surface area (Å²) in [4.78, 5) is 15.2. The number of hydrogen-bond donors (Lipinski definition) is 2. The first kappa shape index (κ1) is 25.0. The zero-order chi connectivity index (χ0) is 27.5. The van der Waals surface area contributed by atoms with Gasteiger partial charge in [0, 0.05) is 46.6 Å². The molecule has 3 aliphatic rings. The van der Waals surface area contributed by atoms with Crippen molar-refractivity contribution >= 4 is 29.0 Å². The van der Waals surface area contributed by atoms with E-state index in [0.717, 1.165) is 40.8 Å². The summed E-state index contributed by atoms with van der Waals surface area (Å²) in [6, 6.07) is 11.8. The van der Waals surface area contributed by atoms with E-state index >= 15 is 4.39 Å². The Morgan fingerprint density at radius 1 is 1.10 bits per heavy atom. The van der Waals surface area contributed by atoms with Gasteiger partial charge in [-0.1, -0.05) is 18.2 Å². The number of aromatic hydroxyl groups is 1. The van der Waals surface area contributed by atoms with Gasteiger partial charge in [-0.25, -0.2) is 4.39 Å². The number of methoxy groups -OCH3 is 1. The van der Waals surface area contributed by atoms with E-state index in [1.54, 1.807) is 29.2 Å². The van der Waals surface area contributed by atoms with E-state index in [2.05, 4.69) is 25.2 Å². The molecule has 1 amide bonds. The lowest BCUT2D eigenvalue weighted by molar-refractivity contribution is 0.0792. The van der Waals surface area contributed by atoms with Crippen LogP contribution in [-0.4, -0.2) is 41.7 Å². The van der Waals surface area contributed by atoms with Gasteiger partial charge in [-0.2, -0.15) is 0 Å². The Hall–Kier alpha value is -4.26. The maximum absolute atomic E-state index is 15.5. The molecule has 0 saturated carbocycles. The second-order valence-corrected chi connectivity index (χ2v) is 10.9. The van der Waals surface area contributed by atoms with Crippen molar-refractivity contribution in [1.82, 2.24) is 4.90 Å². The van der Waals surface area contributed by atoms with E-state index in [-0.39, 0.29) is 22.8 Å². The van der Waals surface area contributed by atoms with E-state index in [4.69, 9.17) is 9.47 Å². The van der Waals surface area contributed by atoms with Crippen molar-refractivity contribution in [3.63, 3.8) is 0 Å². The first-order valence-electron chi connectivity index (χ1n) is 13.2. The average molecular weight is 527 g/mol. The van der Waals surface area contributed by atoms with Crippen LogP contribution < -0.4 is 14.8 Å². The lowest BCUT2D eigenvalue weighted by atomic mass is 9.82. The Morgan fingerprint density at radius 3 is 2.62 bits per heavy atom. The zero-order valence-corrected chi connectivity index (χ0v) is 22.5. The summed E-state index contributed by atoms with van der Waals surface area (Å²) < 4.78 is 27.5. The minimum atomic E-state index is -0.497. The molecule has 0 radical (unpaired) electrons. The third-order valence-corrected chi connectivity index (χ3v) is 7.62. The Morgan fingerprint density at radius 2 is 1.87 bits per heavy atom. The van der Waals surface area contributed by atoms with Gasteiger partial charge in [0.25, 0.3) is 5.91 Å². The molecule has 6 rings (SSSR count). The third-order valence-electron chi connectivity index (χ3n) is 7.62. The summed E-state index contributed by atoms with van der Waals surface area (Å²) >= 11 is 0. The summed E-state index contributed by atoms with van der Waals surface area (Å²) in [5.74, 6) is 0.499. The van der Waals surface area contributed by atoms with Crippen LogP contribution in [0.2, 0.25) is 0 Å². The fraction of sp³-hybridized carbons (Fsp3) is 0.281. The molecular formula is C32H31FN2O4. The Balaban J connectivity index is 1.62. The highest BCUT2D eigenvalue weighted by atomic mass is 19.1. The number of halogens is 1. The fourth-order valence-corrected chi connectivity index (χ4v) is 6.04.